The number of carbonyl (C=O) groups excluding carboxylic acids is 1. The van der Waals surface area contributed by atoms with Crippen molar-refractivity contribution in [2.45, 2.75) is 31.7 Å². The number of hydrogen-bond donors (Lipinski definition) is 2. The molecule has 21 heavy (non-hydrogen) atoms. The number of hydrogen-bond acceptors (Lipinski definition) is 5. The molecule has 0 saturated carbocycles. The minimum atomic E-state index is 0.138. The number of carbonyl (C=O) groups is 1. The maximum atomic E-state index is 12.2. The first-order chi connectivity index (χ1) is 10.3. The minimum absolute atomic E-state index is 0.138. The van der Waals surface area contributed by atoms with E-state index in [2.05, 4.69) is 25.5 Å². The second-order valence-corrected chi connectivity index (χ2v) is 5.86. The first kappa shape index (κ1) is 14.3. The van der Waals surface area contributed by atoms with E-state index in [0.717, 1.165) is 44.8 Å². The Labute approximate surface area is 125 Å². The van der Waals surface area contributed by atoms with Crippen LogP contribution < -0.4 is 15.5 Å². The predicted octanol–water partition coefficient (Wildman–Crippen LogP) is 0.561. The highest BCUT2D eigenvalue weighted by Gasteiger charge is 2.26. The van der Waals surface area contributed by atoms with Gasteiger partial charge in [0.05, 0.1) is 6.20 Å². The fourth-order valence-electron chi connectivity index (χ4n) is 3.12. The van der Waals surface area contributed by atoms with Gasteiger partial charge in [-0.1, -0.05) is 0 Å². The molecular weight excluding hydrogens is 266 g/mol. The van der Waals surface area contributed by atoms with Gasteiger partial charge in [0.25, 0.3) is 0 Å². The van der Waals surface area contributed by atoms with Crippen molar-refractivity contribution in [3.63, 3.8) is 0 Å². The van der Waals surface area contributed by atoms with Gasteiger partial charge in [0, 0.05) is 44.0 Å². The highest BCUT2D eigenvalue weighted by molar-refractivity contribution is 5.79. The molecule has 2 aliphatic rings. The van der Waals surface area contributed by atoms with Crippen LogP contribution in [-0.2, 0) is 4.79 Å². The summed E-state index contributed by atoms with van der Waals surface area (Å²) in [6.45, 7) is 3.59. The van der Waals surface area contributed by atoms with E-state index < -0.39 is 0 Å². The van der Waals surface area contributed by atoms with E-state index in [1.165, 1.54) is 12.8 Å². The molecule has 3 heterocycles. The van der Waals surface area contributed by atoms with Gasteiger partial charge < -0.3 is 15.5 Å². The highest BCUT2D eigenvalue weighted by atomic mass is 16.1. The van der Waals surface area contributed by atoms with Crippen LogP contribution >= 0.6 is 0 Å². The second kappa shape index (κ2) is 6.85. The summed E-state index contributed by atoms with van der Waals surface area (Å²) in [6.07, 6.45) is 9.35. The van der Waals surface area contributed by atoms with Gasteiger partial charge in [-0.25, -0.2) is 4.98 Å². The van der Waals surface area contributed by atoms with E-state index in [1.54, 1.807) is 18.6 Å². The summed E-state index contributed by atoms with van der Waals surface area (Å²) in [4.78, 5) is 22.8. The standard InChI is InChI=1S/C15H23N5O/c21-15(19-10-13-2-1-5-17-13)12-3-8-20(9-4-12)14-11-16-6-7-18-14/h6-7,11-13,17H,1-5,8-10H2,(H,19,21). The molecule has 0 aromatic carbocycles. The van der Waals surface area contributed by atoms with Crippen LogP contribution in [0.25, 0.3) is 0 Å². The van der Waals surface area contributed by atoms with Gasteiger partial charge in [-0.3, -0.25) is 9.78 Å². The normalized spacial score (nSPS) is 23.2. The lowest BCUT2D eigenvalue weighted by Crippen LogP contribution is -2.44. The van der Waals surface area contributed by atoms with Crippen LogP contribution in [0.2, 0.25) is 0 Å². The molecule has 2 saturated heterocycles. The maximum Gasteiger partial charge on any atom is 0.223 e. The Morgan fingerprint density at radius 3 is 2.86 bits per heavy atom. The largest absolute Gasteiger partial charge is 0.355 e. The van der Waals surface area contributed by atoms with Crippen LogP contribution in [0.3, 0.4) is 0 Å². The van der Waals surface area contributed by atoms with Crippen LogP contribution in [0.15, 0.2) is 18.6 Å². The zero-order chi connectivity index (χ0) is 14.5. The summed E-state index contributed by atoms with van der Waals surface area (Å²) in [5, 5.41) is 6.51. The molecule has 6 heteroatoms. The molecule has 0 bridgehead atoms. The van der Waals surface area contributed by atoms with Gasteiger partial charge in [-0.05, 0) is 32.2 Å². The van der Waals surface area contributed by atoms with E-state index in [1.807, 2.05) is 0 Å². The lowest BCUT2D eigenvalue weighted by molar-refractivity contribution is -0.125. The minimum Gasteiger partial charge on any atom is -0.355 e. The number of anilines is 1. The van der Waals surface area contributed by atoms with E-state index in [9.17, 15) is 4.79 Å². The number of amides is 1. The lowest BCUT2D eigenvalue weighted by atomic mass is 9.96. The Bertz CT molecular complexity index is 452. The van der Waals surface area contributed by atoms with Crippen molar-refractivity contribution in [1.82, 2.24) is 20.6 Å². The first-order valence-corrected chi connectivity index (χ1v) is 7.85. The maximum absolute atomic E-state index is 12.2. The monoisotopic (exact) mass is 289 g/mol. The fraction of sp³-hybridized carbons (Fsp3) is 0.667. The topological polar surface area (TPSA) is 70.2 Å². The Morgan fingerprint density at radius 1 is 1.33 bits per heavy atom. The SMILES string of the molecule is O=C(NCC1CCCN1)C1CCN(c2cnccn2)CC1. The molecule has 2 N–H and O–H groups in total. The van der Waals surface area contributed by atoms with Crippen molar-refractivity contribution >= 4 is 11.7 Å². The summed E-state index contributed by atoms with van der Waals surface area (Å²) in [6, 6.07) is 0.466. The van der Waals surface area contributed by atoms with E-state index >= 15 is 0 Å². The van der Waals surface area contributed by atoms with E-state index in [0.29, 0.717) is 6.04 Å². The summed E-state index contributed by atoms with van der Waals surface area (Å²) in [5.74, 6) is 1.26. The van der Waals surface area contributed by atoms with Gasteiger partial charge in [0.2, 0.25) is 5.91 Å². The van der Waals surface area contributed by atoms with E-state index in [4.69, 9.17) is 0 Å². The summed E-state index contributed by atoms with van der Waals surface area (Å²) < 4.78 is 0. The van der Waals surface area contributed by atoms with Gasteiger partial charge in [0.15, 0.2) is 0 Å². The van der Waals surface area contributed by atoms with Crippen LogP contribution in [0.5, 0.6) is 0 Å². The van der Waals surface area contributed by atoms with Crippen LogP contribution in [-0.4, -0.2) is 48.1 Å². The van der Waals surface area contributed by atoms with Crippen molar-refractivity contribution in [2.75, 3.05) is 31.1 Å². The molecule has 1 atom stereocenters. The molecule has 0 spiro atoms. The Kier molecular flexibility index (Phi) is 4.65. The van der Waals surface area contributed by atoms with Crippen molar-refractivity contribution in [3.8, 4) is 0 Å². The quantitative estimate of drug-likeness (QED) is 0.847. The van der Waals surface area contributed by atoms with Crippen LogP contribution in [0.4, 0.5) is 5.82 Å². The Hall–Kier alpha value is -1.69. The number of nitrogens with one attached hydrogen (secondary N) is 2. The average Bonchev–Trinajstić information content (AvgIpc) is 3.07. The second-order valence-electron chi connectivity index (χ2n) is 5.86. The average molecular weight is 289 g/mol. The third-order valence-corrected chi connectivity index (χ3v) is 4.42. The Balaban J connectivity index is 1.43. The molecule has 1 amide bonds. The molecule has 2 fully saturated rings. The molecule has 2 aliphatic heterocycles. The van der Waals surface area contributed by atoms with Crippen molar-refractivity contribution < 1.29 is 4.79 Å². The van der Waals surface area contributed by atoms with Crippen molar-refractivity contribution in [2.24, 2.45) is 5.92 Å². The van der Waals surface area contributed by atoms with Crippen LogP contribution in [0, 0.1) is 5.92 Å². The summed E-state index contributed by atoms with van der Waals surface area (Å²) in [5.41, 5.74) is 0. The zero-order valence-electron chi connectivity index (χ0n) is 12.3. The van der Waals surface area contributed by atoms with Gasteiger partial charge in [0.1, 0.15) is 5.82 Å². The number of nitrogens with zero attached hydrogens (tertiary/aromatic N) is 3. The third-order valence-electron chi connectivity index (χ3n) is 4.42. The highest BCUT2D eigenvalue weighted by Crippen LogP contribution is 2.21. The van der Waals surface area contributed by atoms with E-state index in [-0.39, 0.29) is 11.8 Å². The molecule has 1 aromatic rings. The predicted molar refractivity (Wildman–Crippen MR) is 81.0 cm³/mol. The fourth-order valence-corrected chi connectivity index (χ4v) is 3.12. The zero-order valence-corrected chi connectivity index (χ0v) is 12.3. The number of rotatable bonds is 4. The van der Waals surface area contributed by atoms with Gasteiger partial charge in [-0.15, -0.1) is 0 Å². The van der Waals surface area contributed by atoms with Crippen LogP contribution in [0.1, 0.15) is 25.7 Å². The molecule has 3 rings (SSSR count). The third kappa shape index (κ3) is 3.69. The smallest absolute Gasteiger partial charge is 0.223 e. The molecule has 6 nitrogen and oxygen atoms in total. The first-order valence-electron chi connectivity index (χ1n) is 7.85. The van der Waals surface area contributed by atoms with Gasteiger partial charge in [-0.2, -0.15) is 0 Å². The summed E-state index contributed by atoms with van der Waals surface area (Å²) in [7, 11) is 0. The van der Waals surface area contributed by atoms with Crippen molar-refractivity contribution in [1.29, 1.82) is 0 Å². The van der Waals surface area contributed by atoms with Crippen molar-refractivity contribution in [3.05, 3.63) is 18.6 Å². The molecule has 1 unspecified atom stereocenters. The summed E-state index contributed by atoms with van der Waals surface area (Å²) >= 11 is 0. The molecule has 114 valence electrons. The molecular formula is C15H23N5O. The lowest BCUT2D eigenvalue weighted by Gasteiger charge is -2.32. The molecule has 0 radical (unpaired) electrons. The Morgan fingerprint density at radius 2 is 2.19 bits per heavy atom. The number of aromatic nitrogens is 2. The van der Waals surface area contributed by atoms with Gasteiger partial charge >= 0.3 is 0 Å². The molecule has 1 aromatic heterocycles. The number of piperidine rings is 1. The molecule has 0 aliphatic carbocycles.